The van der Waals surface area contributed by atoms with Gasteiger partial charge in [0.15, 0.2) is 3.77 Å². The van der Waals surface area contributed by atoms with Gasteiger partial charge in [0.2, 0.25) is 5.91 Å². The fraction of sp³-hybridized carbons (Fsp3) is 0.143. The van der Waals surface area contributed by atoms with E-state index >= 15 is 0 Å². The lowest BCUT2D eigenvalue weighted by molar-refractivity contribution is -0.118. The highest BCUT2D eigenvalue weighted by atomic mass is 127. The number of halogens is 2. The van der Waals surface area contributed by atoms with Crippen LogP contribution in [0.4, 0.5) is 0 Å². The van der Waals surface area contributed by atoms with Crippen LogP contribution in [0, 0.1) is 3.77 Å². The van der Waals surface area contributed by atoms with Gasteiger partial charge < -0.3 is 4.42 Å². The van der Waals surface area contributed by atoms with E-state index in [2.05, 4.69) is 49.0 Å². The number of thioether (sulfide) groups is 1. The number of nitrogens with zero attached hydrogens (tertiary/aromatic N) is 1. The number of hydrogen-bond acceptors (Lipinski definition) is 4. The van der Waals surface area contributed by atoms with Gasteiger partial charge in [0.25, 0.3) is 0 Å². The molecule has 0 aliphatic heterocycles. The number of hydrazone groups is 1. The highest BCUT2D eigenvalue weighted by molar-refractivity contribution is 14.1. The average molecular weight is 479 g/mol. The molecule has 0 saturated heterocycles. The zero-order chi connectivity index (χ0) is 15.1. The molecule has 1 amide bonds. The number of carbonyl (C=O) groups excluding carboxylic acids is 1. The molecule has 21 heavy (non-hydrogen) atoms. The number of hydrogen-bond donors (Lipinski definition) is 1. The smallest absolute Gasteiger partial charge is 0.250 e. The van der Waals surface area contributed by atoms with Crippen LogP contribution in [-0.2, 0) is 10.5 Å². The molecule has 0 spiro atoms. The van der Waals surface area contributed by atoms with E-state index in [0.717, 1.165) is 14.0 Å². The van der Waals surface area contributed by atoms with Crippen LogP contribution >= 0.6 is 50.3 Å². The van der Waals surface area contributed by atoms with E-state index in [9.17, 15) is 4.79 Å². The van der Waals surface area contributed by atoms with Gasteiger partial charge in [-0.3, -0.25) is 4.79 Å². The first-order valence-electron chi connectivity index (χ1n) is 6.03. The van der Waals surface area contributed by atoms with Crippen molar-refractivity contribution in [2.75, 3.05) is 5.75 Å². The quantitative estimate of drug-likeness (QED) is 0.387. The zero-order valence-electron chi connectivity index (χ0n) is 10.9. The Morgan fingerprint density at radius 2 is 2.10 bits per heavy atom. The minimum absolute atomic E-state index is 0.130. The lowest BCUT2D eigenvalue weighted by atomic mass is 10.2. The Hall–Kier alpha value is -0.800. The first kappa shape index (κ1) is 16.6. The van der Waals surface area contributed by atoms with Crippen molar-refractivity contribution in [1.29, 1.82) is 0 Å². The van der Waals surface area contributed by atoms with Crippen molar-refractivity contribution < 1.29 is 9.21 Å². The number of nitrogens with one attached hydrogen (secondary N) is 1. The standard InChI is InChI=1S/C14H12BrIN2O2S/c15-11-3-1-10(2-4-11)8-21-9-14(19)18-17-7-12-5-6-13(16)20-12/h1-7H,8-9H2,(H,18,19)/b17-7-. The first-order valence-corrected chi connectivity index (χ1v) is 9.05. The van der Waals surface area contributed by atoms with Crippen LogP contribution in [0.1, 0.15) is 11.3 Å². The van der Waals surface area contributed by atoms with E-state index in [1.807, 2.05) is 30.3 Å². The zero-order valence-corrected chi connectivity index (χ0v) is 15.4. The van der Waals surface area contributed by atoms with Crippen molar-refractivity contribution >= 4 is 62.4 Å². The summed E-state index contributed by atoms with van der Waals surface area (Å²) in [4.78, 5) is 11.6. The number of benzene rings is 1. The molecule has 0 aliphatic carbocycles. The number of furan rings is 1. The van der Waals surface area contributed by atoms with Crippen molar-refractivity contribution in [3.05, 3.63) is 56.0 Å². The normalized spacial score (nSPS) is 11.0. The fourth-order valence-electron chi connectivity index (χ4n) is 1.44. The van der Waals surface area contributed by atoms with E-state index < -0.39 is 0 Å². The van der Waals surface area contributed by atoms with Crippen LogP contribution in [0.25, 0.3) is 0 Å². The van der Waals surface area contributed by atoms with Gasteiger partial charge in [-0.1, -0.05) is 28.1 Å². The molecule has 1 N–H and O–H groups in total. The summed E-state index contributed by atoms with van der Waals surface area (Å²) < 4.78 is 7.13. The summed E-state index contributed by atoms with van der Waals surface area (Å²) in [5.74, 6) is 1.64. The third-order valence-electron chi connectivity index (χ3n) is 2.39. The summed E-state index contributed by atoms with van der Waals surface area (Å²) in [6.45, 7) is 0. The molecule has 1 aromatic heterocycles. The summed E-state index contributed by atoms with van der Waals surface area (Å²) in [7, 11) is 0. The predicted octanol–water partition coefficient (Wildman–Crippen LogP) is 4.03. The molecule has 0 radical (unpaired) electrons. The Labute approximate surface area is 149 Å². The molecule has 4 nitrogen and oxygen atoms in total. The Bertz CT molecular complexity index is 628. The minimum atomic E-state index is -0.130. The van der Waals surface area contributed by atoms with Gasteiger partial charge in [0.05, 0.1) is 12.0 Å². The van der Waals surface area contributed by atoms with Crippen LogP contribution < -0.4 is 5.43 Å². The Balaban J connectivity index is 1.68. The van der Waals surface area contributed by atoms with Crippen molar-refractivity contribution in [2.24, 2.45) is 5.10 Å². The van der Waals surface area contributed by atoms with Crippen LogP contribution in [0.5, 0.6) is 0 Å². The molecular formula is C14H12BrIN2O2S. The lowest BCUT2D eigenvalue weighted by Crippen LogP contribution is -2.19. The van der Waals surface area contributed by atoms with Crippen molar-refractivity contribution in [3.63, 3.8) is 0 Å². The molecule has 2 rings (SSSR count). The maximum absolute atomic E-state index is 11.6. The number of carbonyl (C=O) groups is 1. The number of amides is 1. The molecule has 2 aromatic rings. The van der Waals surface area contributed by atoms with Gasteiger partial charge in [0.1, 0.15) is 5.76 Å². The van der Waals surface area contributed by atoms with Gasteiger partial charge in [0, 0.05) is 10.2 Å². The third kappa shape index (κ3) is 6.23. The maximum Gasteiger partial charge on any atom is 0.250 e. The van der Waals surface area contributed by atoms with E-state index in [1.54, 1.807) is 17.8 Å². The molecule has 0 bridgehead atoms. The SMILES string of the molecule is O=C(CSCc1ccc(Br)cc1)N/N=C\c1ccc(I)o1. The van der Waals surface area contributed by atoms with E-state index in [1.165, 1.54) is 11.8 Å². The Morgan fingerprint density at radius 3 is 2.76 bits per heavy atom. The largest absolute Gasteiger partial charge is 0.449 e. The molecule has 7 heteroatoms. The highest BCUT2D eigenvalue weighted by Gasteiger charge is 2.01. The van der Waals surface area contributed by atoms with E-state index in [4.69, 9.17) is 4.42 Å². The van der Waals surface area contributed by atoms with Crippen molar-refractivity contribution in [2.45, 2.75) is 5.75 Å². The average Bonchev–Trinajstić information content (AvgIpc) is 2.87. The van der Waals surface area contributed by atoms with Crippen LogP contribution in [0.3, 0.4) is 0 Å². The summed E-state index contributed by atoms with van der Waals surface area (Å²) in [6, 6.07) is 11.7. The molecular weight excluding hydrogens is 467 g/mol. The molecule has 0 aliphatic rings. The predicted molar refractivity (Wildman–Crippen MR) is 97.5 cm³/mol. The Kier molecular flexibility index (Phi) is 6.78. The molecule has 110 valence electrons. The van der Waals surface area contributed by atoms with E-state index in [-0.39, 0.29) is 5.91 Å². The second-order valence-corrected chi connectivity index (χ2v) is 7.02. The monoisotopic (exact) mass is 478 g/mol. The first-order chi connectivity index (χ1) is 10.1. The van der Waals surface area contributed by atoms with Gasteiger partial charge >= 0.3 is 0 Å². The van der Waals surface area contributed by atoms with Crippen LogP contribution in [0.15, 0.2) is 50.4 Å². The molecule has 1 heterocycles. The van der Waals surface area contributed by atoms with Crippen molar-refractivity contribution in [3.8, 4) is 0 Å². The van der Waals surface area contributed by atoms with Gasteiger partial charge in [-0.2, -0.15) is 5.10 Å². The van der Waals surface area contributed by atoms with Crippen LogP contribution in [-0.4, -0.2) is 17.9 Å². The van der Waals surface area contributed by atoms with Gasteiger partial charge in [-0.15, -0.1) is 11.8 Å². The summed E-state index contributed by atoms with van der Waals surface area (Å²) in [6.07, 6.45) is 1.49. The summed E-state index contributed by atoms with van der Waals surface area (Å²) in [5, 5.41) is 3.85. The maximum atomic E-state index is 11.6. The molecule has 0 atom stereocenters. The molecule has 0 saturated carbocycles. The molecule has 1 aromatic carbocycles. The molecule has 0 unspecified atom stereocenters. The third-order valence-corrected chi connectivity index (χ3v) is 4.50. The minimum Gasteiger partial charge on any atom is -0.449 e. The fourth-order valence-corrected chi connectivity index (χ4v) is 2.92. The van der Waals surface area contributed by atoms with Crippen molar-refractivity contribution in [1.82, 2.24) is 5.43 Å². The molecule has 0 fully saturated rings. The number of rotatable bonds is 6. The van der Waals surface area contributed by atoms with E-state index in [0.29, 0.717) is 11.5 Å². The second-order valence-electron chi connectivity index (χ2n) is 4.05. The van der Waals surface area contributed by atoms with Crippen LogP contribution in [0.2, 0.25) is 0 Å². The van der Waals surface area contributed by atoms with Gasteiger partial charge in [-0.25, -0.2) is 5.43 Å². The Morgan fingerprint density at radius 1 is 1.33 bits per heavy atom. The lowest BCUT2D eigenvalue weighted by Gasteiger charge is -2.01. The highest BCUT2D eigenvalue weighted by Crippen LogP contribution is 2.15. The topological polar surface area (TPSA) is 54.6 Å². The van der Waals surface area contributed by atoms with Gasteiger partial charge in [-0.05, 0) is 52.4 Å². The summed E-state index contributed by atoms with van der Waals surface area (Å²) >= 11 is 7.01. The summed E-state index contributed by atoms with van der Waals surface area (Å²) in [5.41, 5.74) is 3.66. The second kappa shape index (κ2) is 8.60.